The van der Waals surface area contributed by atoms with Gasteiger partial charge in [-0.25, -0.2) is 0 Å². The molecule has 156 valence electrons. The molecular formula is C18H20N2O9. The highest BCUT2D eigenvalue weighted by Gasteiger charge is 2.21. The number of carboxylic acids is 1. The maximum absolute atomic E-state index is 11.7. The average molecular weight is 408 g/mol. The van der Waals surface area contributed by atoms with Gasteiger partial charge in [0.15, 0.2) is 0 Å². The van der Waals surface area contributed by atoms with E-state index in [-0.39, 0.29) is 19.3 Å². The first kappa shape index (κ1) is 21.7. The van der Waals surface area contributed by atoms with Gasteiger partial charge in [-0.2, -0.15) is 0 Å². The van der Waals surface area contributed by atoms with Gasteiger partial charge in [0.25, 0.3) is 16.5 Å². The van der Waals surface area contributed by atoms with Gasteiger partial charge in [0.2, 0.25) is 0 Å². The summed E-state index contributed by atoms with van der Waals surface area (Å²) in [5.74, 6) is -1.09. The molecule has 11 nitrogen and oxygen atoms in total. The minimum atomic E-state index is -1.64. The van der Waals surface area contributed by atoms with Crippen LogP contribution in [0.3, 0.4) is 0 Å². The molecule has 0 unspecified atom stereocenters. The first-order valence-electron chi connectivity index (χ1n) is 8.73. The van der Waals surface area contributed by atoms with Crippen molar-refractivity contribution in [1.82, 2.24) is 0 Å². The third kappa shape index (κ3) is 6.48. The largest absolute Gasteiger partial charge is 0.497 e. The fourth-order valence-electron chi connectivity index (χ4n) is 2.99. The Balaban J connectivity index is 2.01. The summed E-state index contributed by atoms with van der Waals surface area (Å²) in [4.78, 5) is 40.6. The maximum atomic E-state index is 11.7. The van der Waals surface area contributed by atoms with Crippen LogP contribution >= 0.6 is 0 Å². The zero-order chi connectivity index (χ0) is 21.4. The lowest BCUT2D eigenvalue weighted by molar-refractivity contribution is -0.851. The Labute approximate surface area is 165 Å². The minimum Gasteiger partial charge on any atom is -0.497 e. The molecule has 11 heteroatoms. The summed E-state index contributed by atoms with van der Waals surface area (Å²) in [5.41, 5.74) is 0.620. The van der Waals surface area contributed by atoms with Gasteiger partial charge in [0.05, 0.1) is 13.0 Å². The molecule has 2 rings (SSSR count). The summed E-state index contributed by atoms with van der Waals surface area (Å²) in [6, 6.07) is 10.8. The molecular weight excluding hydrogens is 388 g/mol. The van der Waals surface area contributed by atoms with E-state index in [0.29, 0.717) is 17.7 Å². The Morgan fingerprint density at radius 1 is 1.00 bits per heavy atom. The van der Waals surface area contributed by atoms with Crippen molar-refractivity contribution in [3.05, 3.63) is 62.2 Å². The molecule has 2 aromatic carbocycles. The number of hydrogen-bond donors (Lipinski definition) is 1. The van der Waals surface area contributed by atoms with E-state index in [1.165, 1.54) is 0 Å². The van der Waals surface area contributed by atoms with E-state index < -0.39 is 28.4 Å². The highest BCUT2D eigenvalue weighted by molar-refractivity contribution is 5.86. The fraction of sp³-hybridized carbons (Fsp3) is 0.389. The number of methoxy groups -OCH3 is 1. The van der Waals surface area contributed by atoms with Crippen molar-refractivity contribution >= 4 is 16.7 Å². The van der Waals surface area contributed by atoms with Gasteiger partial charge in [0, 0.05) is 0 Å². The van der Waals surface area contributed by atoms with Crippen molar-refractivity contribution in [1.29, 1.82) is 0 Å². The third-order valence-electron chi connectivity index (χ3n) is 4.36. The molecule has 0 aromatic heterocycles. The Hall–Kier alpha value is -3.63. The lowest BCUT2D eigenvalue weighted by Gasteiger charge is -2.15. The maximum Gasteiger partial charge on any atom is 0.310 e. The minimum absolute atomic E-state index is 0.119. The van der Waals surface area contributed by atoms with Crippen molar-refractivity contribution in [3.8, 4) is 5.75 Å². The number of carbonyl (C=O) groups is 1. The van der Waals surface area contributed by atoms with Gasteiger partial charge in [0.1, 0.15) is 5.75 Å². The number of unbranched alkanes of at least 4 members (excludes halogenated alkanes) is 1. The summed E-state index contributed by atoms with van der Waals surface area (Å²) in [6.45, 7) is 0. The van der Waals surface area contributed by atoms with Crippen molar-refractivity contribution < 1.29 is 34.5 Å². The molecule has 0 fully saturated rings. The quantitative estimate of drug-likeness (QED) is 0.241. The third-order valence-corrected chi connectivity index (χ3v) is 4.36. The van der Waals surface area contributed by atoms with Gasteiger partial charge in [-0.1, -0.05) is 30.7 Å². The first-order chi connectivity index (χ1) is 13.8. The Morgan fingerprint density at radius 3 is 2.17 bits per heavy atom. The number of hydrogen-bond acceptors (Lipinski definition) is 8. The molecule has 0 aliphatic carbocycles. The second kappa shape index (κ2) is 10.1. The summed E-state index contributed by atoms with van der Waals surface area (Å²) in [5, 5.41) is 29.7. The number of rotatable bonds is 12. The predicted octanol–water partition coefficient (Wildman–Crippen LogP) is 3.32. The zero-order valence-corrected chi connectivity index (χ0v) is 15.6. The van der Waals surface area contributed by atoms with E-state index in [9.17, 15) is 30.1 Å². The van der Waals surface area contributed by atoms with Crippen molar-refractivity contribution in [2.45, 2.75) is 37.9 Å². The van der Waals surface area contributed by atoms with Crippen molar-refractivity contribution in [2.24, 2.45) is 0 Å². The highest BCUT2D eigenvalue weighted by atomic mass is 17.0. The molecule has 2 aromatic rings. The normalized spacial score (nSPS) is 11.8. The van der Waals surface area contributed by atoms with Gasteiger partial charge in [-0.3, -0.25) is 14.5 Å². The van der Waals surface area contributed by atoms with Crippen LogP contribution in [0.5, 0.6) is 5.75 Å². The molecule has 0 saturated carbocycles. The van der Waals surface area contributed by atoms with E-state index in [1.807, 2.05) is 18.2 Å². The number of benzene rings is 2. The zero-order valence-electron chi connectivity index (χ0n) is 15.6. The number of ether oxygens (including phenoxy) is 1. The van der Waals surface area contributed by atoms with Crippen LogP contribution in [0.15, 0.2) is 36.4 Å². The summed E-state index contributed by atoms with van der Waals surface area (Å²) < 4.78 is 5.17. The van der Waals surface area contributed by atoms with E-state index in [0.717, 1.165) is 10.8 Å². The van der Waals surface area contributed by atoms with E-state index in [2.05, 4.69) is 9.68 Å². The highest BCUT2D eigenvalue weighted by Crippen LogP contribution is 2.28. The number of nitrogens with zero attached hydrogens (tertiary/aromatic N) is 2. The van der Waals surface area contributed by atoms with Crippen LogP contribution in [-0.4, -0.2) is 34.6 Å². The van der Waals surface area contributed by atoms with Crippen molar-refractivity contribution in [3.63, 3.8) is 0 Å². The van der Waals surface area contributed by atoms with Crippen LogP contribution in [0.2, 0.25) is 0 Å². The number of aliphatic carboxylic acids is 1. The fourth-order valence-corrected chi connectivity index (χ4v) is 2.99. The topological polar surface area (TPSA) is 151 Å². The molecule has 29 heavy (non-hydrogen) atoms. The number of fused-ring (bicyclic) bond motifs is 1. The van der Waals surface area contributed by atoms with E-state index >= 15 is 0 Å². The summed E-state index contributed by atoms with van der Waals surface area (Å²) in [7, 11) is 1.56. The van der Waals surface area contributed by atoms with E-state index in [4.69, 9.17) is 4.74 Å². The van der Waals surface area contributed by atoms with E-state index in [1.54, 1.807) is 25.3 Å². The lowest BCUT2D eigenvalue weighted by atomic mass is 9.91. The van der Waals surface area contributed by atoms with Gasteiger partial charge in [-0.05, 0) is 47.7 Å². The molecule has 0 heterocycles. The molecule has 1 N–H and O–H groups in total. The van der Waals surface area contributed by atoms with Crippen LogP contribution in [-0.2, 0) is 14.5 Å². The molecule has 0 spiro atoms. The molecule has 1 atom stereocenters. The predicted molar refractivity (Wildman–Crippen MR) is 99.3 cm³/mol. The average Bonchev–Trinajstić information content (AvgIpc) is 2.65. The lowest BCUT2D eigenvalue weighted by Crippen LogP contribution is -2.23. The van der Waals surface area contributed by atoms with Crippen LogP contribution < -0.4 is 4.74 Å². The second-order valence-electron chi connectivity index (χ2n) is 6.24. The molecule has 0 radical (unpaired) electrons. The van der Waals surface area contributed by atoms with Gasteiger partial charge >= 0.3 is 5.97 Å². The standard InChI is InChI=1S/C18H20N2O9/c1-27-15-9-8-12-10-14(7-6-13(12)11-15)16(18(21)22)4-2-3-5-17(28-19(23)24)29-20(25)26/h6-11,16-17H,2-5H2,1H3,(H,21,22)/t16-/m0/s1. The van der Waals surface area contributed by atoms with Gasteiger partial charge in [-0.15, -0.1) is 20.2 Å². The molecule has 0 saturated heterocycles. The van der Waals surface area contributed by atoms with Crippen LogP contribution in [0, 0.1) is 20.2 Å². The van der Waals surface area contributed by atoms with Gasteiger partial charge < -0.3 is 9.84 Å². The SMILES string of the molecule is COc1ccc2cc([C@H](CCCCC(O[N+](=O)[O-])O[N+](=O)[O-])C(=O)O)ccc2c1. The number of carboxylic acid groups (broad SMARTS) is 1. The Morgan fingerprint density at radius 2 is 1.59 bits per heavy atom. The molecule has 0 amide bonds. The van der Waals surface area contributed by atoms with Crippen LogP contribution in [0.1, 0.15) is 37.2 Å². The first-order valence-corrected chi connectivity index (χ1v) is 8.73. The molecule has 0 aliphatic rings. The Kier molecular flexibility index (Phi) is 7.52. The molecule has 0 aliphatic heterocycles. The van der Waals surface area contributed by atoms with Crippen molar-refractivity contribution in [2.75, 3.05) is 7.11 Å². The van der Waals surface area contributed by atoms with Crippen LogP contribution in [0.25, 0.3) is 10.8 Å². The monoisotopic (exact) mass is 408 g/mol. The summed E-state index contributed by atoms with van der Waals surface area (Å²) >= 11 is 0. The molecule has 0 bridgehead atoms. The Bertz CT molecular complexity index is 871. The smallest absolute Gasteiger partial charge is 0.310 e. The second-order valence-corrected chi connectivity index (χ2v) is 6.24. The summed E-state index contributed by atoms with van der Waals surface area (Å²) in [6.07, 6.45) is -0.900. The van der Waals surface area contributed by atoms with Crippen LogP contribution in [0.4, 0.5) is 0 Å².